The van der Waals surface area contributed by atoms with E-state index in [2.05, 4.69) is 4.90 Å². The van der Waals surface area contributed by atoms with Gasteiger partial charge in [0.25, 0.3) is 0 Å². The summed E-state index contributed by atoms with van der Waals surface area (Å²) < 4.78 is 5.00. The number of ether oxygens (including phenoxy) is 1. The van der Waals surface area contributed by atoms with Gasteiger partial charge in [0.15, 0.2) is 0 Å². The topological polar surface area (TPSA) is 58.8 Å². The highest BCUT2D eigenvalue weighted by Crippen LogP contribution is 2.11. The van der Waals surface area contributed by atoms with E-state index in [1.165, 1.54) is 5.56 Å². The van der Waals surface area contributed by atoms with E-state index in [-0.39, 0.29) is 6.09 Å². The lowest BCUT2D eigenvalue weighted by Gasteiger charge is -2.34. The van der Waals surface area contributed by atoms with E-state index < -0.39 is 0 Å². The number of piperazine rings is 1. The fourth-order valence-corrected chi connectivity index (χ4v) is 2.18. The van der Waals surface area contributed by atoms with Crippen LogP contribution >= 0.6 is 0 Å². The number of nitrogens with zero attached hydrogens (tertiary/aromatic N) is 2. The SMILES string of the molecule is CCOC(=O)N1CCN(Cc2ccc(N)cc2)CC1. The smallest absolute Gasteiger partial charge is 0.409 e. The van der Waals surface area contributed by atoms with Crippen LogP contribution in [0.5, 0.6) is 0 Å². The summed E-state index contributed by atoms with van der Waals surface area (Å²) in [7, 11) is 0. The average Bonchev–Trinajstić information content (AvgIpc) is 2.42. The van der Waals surface area contributed by atoms with E-state index in [4.69, 9.17) is 10.5 Å². The Labute approximate surface area is 113 Å². The van der Waals surface area contributed by atoms with Crippen LogP contribution < -0.4 is 5.73 Å². The maximum Gasteiger partial charge on any atom is 0.409 e. The number of hydrogen-bond acceptors (Lipinski definition) is 4. The van der Waals surface area contributed by atoms with Crippen molar-refractivity contribution >= 4 is 11.8 Å². The maximum atomic E-state index is 11.6. The number of anilines is 1. The van der Waals surface area contributed by atoms with E-state index in [9.17, 15) is 4.79 Å². The first-order chi connectivity index (χ1) is 9.19. The minimum Gasteiger partial charge on any atom is -0.450 e. The molecule has 0 aliphatic carbocycles. The molecular formula is C14H21N3O2. The lowest BCUT2D eigenvalue weighted by atomic mass is 10.2. The third-order valence-corrected chi connectivity index (χ3v) is 3.28. The number of nitrogens with two attached hydrogens (primary N) is 1. The molecule has 0 unspecified atom stereocenters. The van der Waals surface area contributed by atoms with Gasteiger partial charge in [0.1, 0.15) is 0 Å². The average molecular weight is 263 g/mol. The van der Waals surface area contributed by atoms with Crippen molar-refractivity contribution in [3.05, 3.63) is 29.8 Å². The molecule has 1 fully saturated rings. The van der Waals surface area contributed by atoms with Crippen LogP contribution in [0.15, 0.2) is 24.3 Å². The second-order valence-corrected chi connectivity index (χ2v) is 4.70. The van der Waals surface area contributed by atoms with Crippen LogP contribution in [0.2, 0.25) is 0 Å². The van der Waals surface area contributed by atoms with Gasteiger partial charge in [0.05, 0.1) is 6.61 Å². The molecule has 0 radical (unpaired) electrons. The Morgan fingerprint density at radius 1 is 1.21 bits per heavy atom. The predicted molar refractivity (Wildman–Crippen MR) is 74.7 cm³/mol. The summed E-state index contributed by atoms with van der Waals surface area (Å²) in [5, 5.41) is 0. The molecule has 0 aromatic heterocycles. The summed E-state index contributed by atoms with van der Waals surface area (Å²) >= 11 is 0. The minimum atomic E-state index is -0.199. The van der Waals surface area contributed by atoms with Crippen LogP contribution in [0, 0.1) is 0 Å². The molecule has 5 nitrogen and oxygen atoms in total. The summed E-state index contributed by atoms with van der Waals surface area (Å²) in [6.07, 6.45) is -0.199. The zero-order valence-electron chi connectivity index (χ0n) is 11.3. The highest BCUT2D eigenvalue weighted by atomic mass is 16.6. The zero-order chi connectivity index (χ0) is 13.7. The molecule has 0 bridgehead atoms. The van der Waals surface area contributed by atoms with Crippen LogP contribution in [0.3, 0.4) is 0 Å². The third-order valence-electron chi connectivity index (χ3n) is 3.28. The molecule has 0 saturated carbocycles. The van der Waals surface area contributed by atoms with E-state index in [0.29, 0.717) is 6.61 Å². The van der Waals surface area contributed by atoms with E-state index in [0.717, 1.165) is 38.4 Å². The van der Waals surface area contributed by atoms with Gasteiger partial charge in [-0.05, 0) is 24.6 Å². The summed E-state index contributed by atoms with van der Waals surface area (Å²) in [5.41, 5.74) is 7.70. The van der Waals surface area contributed by atoms with Crippen molar-refractivity contribution in [3.63, 3.8) is 0 Å². The summed E-state index contributed by atoms with van der Waals surface area (Å²) in [5.74, 6) is 0. The van der Waals surface area contributed by atoms with Crippen LogP contribution in [0.25, 0.3) is 0 Å². The Morgan fingerprint density at radius 2 is 1.84 bits per heavy atom. The van der Waals surface area contributed by atoms with Crippen molar-refractivity contribution in [1.82, 2.24) is 9.80 Å². The van der Waals surface area contributed by atoms with E-state index in [1.807, 2.05) is 31.2 Å². The van der Waals surface area contributed by atoms with Gasteiger partial charge in [-0.25, -0.2) is 4.79 Å². The molecule has 19 heavy (non-hydrogen) atoms. The first-order valence-electron chi connectivity index (χ1n) is 6.67. The summed E-state index contributed by atoms with van der Waals surface area (Å²) in [4.78, 5) is 15.7. The van der Waals surface area contributed by atoms with Crippen molar-refractivity contribution in [2.75, 3.05) is 38.5 Å². The van der Waals surface area contributed by atoms with Gasteiger partial charge in [-0.1, -0.05) is 12.1 Å². The number of carbonyl (C=O) groups is 1. The van der Waals surface area contributed by atoms with Crippen LogP contribution in [0.4, 0.5) is 10.5 Å². The first kappa shape index (κ1) is 13.7. The Hall–Kier alpha value is -1.75. The molecule has 0 atom stereocenters. The Balaban J connectivity index is 1.80. The number of hydrogen-bond donors (Lipinski definition) is 1. The molecule has 1 amide bonds. The summed E-state index contributed by atoms with van der Waals surface area (Å²) in [6, 6.07) is 7.94. The fourth-order valence-electron chi connectivity index (χ4n) is 2.18. The quantitative estimate of drug-likeness (QED) is 0.840. The largest absolute Gasteiger partial charge is 0.450 e. The third kappa shape index (κ3) is 3.86. The van der Waals surface area contributed by atoms with Gasteiger partial charge in [0.2, 0.25) is 0 Å². The molecule has 1 heterocycles. The van der Waals surface area contributed by atoms with Gasteiger partial charge < -0.3 is 15.4 Å². The molecule has 1 aromatic carbocycles. The molecule has 5 heteroatoms. The molecule has 1 aromatic rings. The minimum absolute atomic E-state index is 0.199. The highest BCUT2D eigenvalue weighted by Gasteiger charge is 2.21. The van der Waals surface area contributed by atoms with Crippen molar-refractivity contribution in [1.29, 1.82) is 0 Å². The van der Waals surface area contributed by atoms with Crippen LogP contribution in [-0.2, 0) is 11.3 Å². The van der Waals surface area contributed by atoms with E-state index in [1.54, 1.807) is 4.90 Å². The molecule has 1 saturated heterocycles. The number of benzene rings is 1. The van der Waals surface area contributed by atoms with Crippen molar-refractivity contribution in [2.24, 2.45) is 0 Å². The number of rotatable bonds is 3. The molecule has 1 aliphatic rings. The van der Waals surface area contributed by atoms with Gasteiger partial charge in [-0.3, -0.25) is 4.90 Å². The van der Waals surface area contributed by atoms with Crippen molar-refractivity contribution < 1.29 is 9.53 Å². The molecule has 0 spiro atoms. The lowest BCUT2D eigenvalue weighted by molar-refractivity contribution is 0.0778. The molecule has 2 rings (SSSR count). The van der Waals surface area contributed by atoms with Crippen molar-refractivity contribution in [2.45, 2.75) is 13.5 Å². The molecule has 1 aliphatic heterocycles. The predicted octanol–water partition coefficient (Wildman–Crippen LogP) is 1.54. The second-order valence-electron chi connectivity index (χ2n) is 4.70. The Morgan fingerprint density at radius 3 is 2.42 bits per heavy atom. The molecule has 2 N–H and O–H groups in total. The van der Waals surface area contributed by atoms with Crippen molar-refractivity contribution in [3.8, 4) is 0 Å². The molecular weight excluding hydrogens is 242 g/mol. The first-order valence-corrected chi connectivity index (χ1v) is 6.67. The monoisotopic (exact) mass is 263 g/mol. The second kappa shape index (κ2) is 6.43. The van der Waals surface area contributed by atoms with E-state index >= 15 is 0 Å². The Bertz CT molecular complexity index is 411. The standard InChI is InChI=1S/C14H21N3O2/c1-2-19-14(18)17-9-7-16(8-10-17)11-12-3-5-13(15)6-4-12/h3-6H,2,7-11,15H2,1H3. The Kier molecular flexibility index (Phi) is 4.63. The zero-order valence-corrected chi connectivity index (χ0v) is 11.3. The van der Waals surface area contributed by atoms with Crippen LogP contribution in [0.1, 0.15) is 12.5 Å². The fraction of sp³-hybridized carbons (Fsp3) is 0.500. The normalized spacial score (nSPS) is 16.4. The lowest BCUT2D eigenvalue weighted by Crippen LogP contribution is -2.48. The van der Waals surface area contributed by atoms with Gasteiger partial charge >= 0.3 is 6.09 Å². The maximum absolute atomic E-state index is 11.6. The van der Waals surface area contributed by atoms with Gasteiger partial charge in [0, 0.05) is 38.4 Å². The highest BCUT2D eigenvalue weighted by molar-refractivity contribution is 5.67. The number of carbonyl (C=O) groups excluding carboxylic acids is 1. The van der Waals surface area contributed by atoms with Crippen LogP contribution in [-0.4, -0.2) is 48.7 Å². The van der Waals surface area contributed by atoms with Gasteiger partial charge in [-0.15, -0.1) is 0 Å². The molecule has 104 valence electrons. The van der Waals surface area contributed by atoms with Gasteiger partial charge in [-0.2, -0.15) is 0 Å². The number of amides is 1. The summed E-state index contributed by atoms with van der Waals surface area (Å²) in [6.45, 7) is 6.38. The number of nitrogen functional groups attached to an aromatic ring is 1.